The first kappa shape index (κ1) is 14.6. The molecule has 1 N–H and O–H groups in total. The summed E-state index contributed by atoms with van der Waals surface area (Å²) in [5.41, 5.74) is 3.02. The third kappa shape index (κ3) is 2.69. The van der Waals surface area contributed by atoms with Crippen molar-refractivity contribution >= 4 is 5.91 Å². The second-order valence-corrected chi connectivity index (χ2v) is 5.95. The van der Waals surface area contributed by atoms with E-state index >= 15 is 0 Å². The van der Waals surface area contributed by atoms with Crippen LogP contribution in [0.2, 0.25) is 0 Å². The maximum absolute atomic E-state index is 12.7. The second-order valence-electron chi connectivity index (χ2n) is 5.95. The molecule has 114 valence electrons. The number of nitrogens with zero attached hydrogens (tertiary/aromatic N) is 1. The van der Waals surface area contributed by atoms with Gasteiger partial charge in [0.05, 0.1) is 6.04 Å². The highest BCUT2D eigenvalue weighted by Crippen LogP contribution is 2.32. The van der Waals surface area contributed by atoms with Crippen LogP contribution in [-0.2, 0) is 0 Å². The third-order valence-electron chi connectivity index (χ3n) is 4.26. The molecule has 0 bridgehead atoms. The number of hydrogen-bond donors (Lipinski definition) is 1. The van der Waals surface area contributed by atoms with Crippen molar-refractivity contribution in [1.29, 1.82) is 0 Å². The molecule has 4 heteroatoms. The number of nitrogens with one attached hydrogen (secondary N) is 1. The zero-order valence-corrected chi connectivity index (χ0v) is 12.9. The molecule has 1 aliphatic rings. The van der Waals surface area contributed by atoms with Gasteiger partial charge in [-0.15, -0.1) is 0 Å². The van der Waals surface area contributed by atoms with E-state index in [1.165, 1.54) is 5.56 Å². The Labute approximate surface area is 129 Å². The van der Waals surface area contributed by atoms with Crippen molar-refractivity contribution in [1.82, 2.24) is 9.88 Å². The minimum atomic E-state index is -0.306. The molecule has 1 atom stereocenters. The van der Waals surface area contributed by atoms with Crippen molar-refractivity contribution in [2.45, 2.75) is 32.7 Å². The molecule has 1 amide bonds. The van der Waals surface area contributed by atoms with Gasteiger partial charge in [-0.05, 0) is 44.4 Å². The number of aryl methyl sites for hydroxylation is 2. The minimum absolute atomic E-state index is 0.0637. The molecule has 0 saturated carbocycles. The fourth-order valence-corrected chi connectivity index (χ4v) is 3.04. The Bertz CT molecular complexity index is 746. The summed E-state index contributed by atoms with van der Waals surface area (Å²) in [6.45, 7) is 4.55. The molecule has 1 aromatic heterocycles. The number of carbonyl (C=O) groups is 1. The van der Waals surface area contributed by atoms with Crippen LogP contribution >= 0.6 is 0 Å². The van der Waals surface area contributed by atoms with E-state index in [1.807, 2.05) is 11.8 Å². The zero-order valence-electron chi connectivity index (χ0n) is 12.9. The van der Waals surface area contributed by atoms with Crippen LogP contribution in [0.3, 0.4) is 0 Å². The highest BCUT2D eigenvalue weighted by Gasteiger charge is 2.31. The summed E-state index contributed by atoms with van der Waals surface area (Å²) in [6.07, 6.45) is 1.91. The van der Waals surface area contributed by atoms with Gasteiger partial charge in [-0.1, -0.05) is 29.8 Å². The number of H-pyrrole nitrogens is 1. The summed E-state index contributed by atoms with van der Waals surface area (Å²) in [6, 6.07) is 11.7. The topological polar surface area (TPSA) is 53.2 Å². The molecule has 0 spiro atoms. The van der Waals surface area contributed by atoms with Gasteiger partial charge in [-0.3, -0.25) is 9.59 Å². The molecular formula is C18H20N2O2. The number of aromatic nitrogens is 1. The van der Waals surface area contributed by atoms with E-state index in [-0.39, 0.29) is 23.1 Å². The van der Waals surface area contributed by atoms with Crippen LogP contribution in [0.1, 0.15) is 46.1 Å². The van der Waals surface area contributed by atoms with Crippen molar-refractivity contribution in [2.24, 2.45) is 0 Å². The second kappa shape index (κ2) is 5.79. The van der Waals surface area contributed by atoms with Crippen LogP contribution in [0.25, 0.3) is 0 Å². The number of carbonyl (C=O) groups excluding carboxylic acids is 1. The Balaban J connectivity index is 1.91. The van der Waals surface area contributed by atoms with E-state index in [0.29, 0.717) is 6.54 Å². The minimum Gasteiger partial charge on any atom is -0.331 e. The van der Waals surface area contributed by atoms with Crippen LogP contribution in [0.15, 0.2) is 41.2 Å². The number of amides is 1. The number of pyridine rings is 1. The molecule has 1 fully saturated rings. The zero-order chi connectivity index (χ0) is 15.7. The number of aromatic amines is 1. The summed E-state index contributed by atoms with van der Waals surface area (Å²) in [5, 5.41) is 0. The van der Waals surface area contributed by atoms with Crippen LogP contribution in [0.4, 0.5) is 0 Å². The molecule has 0 unspecified atom stereocenters. The fraction of sp³-hybridized carbons (Fsp3) is 0.333. The Morgan fingerprint density at radius 2 is 1.86 bits per heavy atom. The van der Waals surface area contributed by atoms with E-state index in [0.717, 1.165) is 24.1 Å². The first-order valence-electron chi connectivity index (χ1n) is 7.64. The summed E-state index contributed by atoms with van der Waals surface area (Å²) in [7, 11) is 0. The first-order valence-corrected chi connectivity index (χ1v) is 7.64. The fourth-order valence-electron chi connectivity index (χ4n) is 3.04. The van der Waals surface area contributed by atoms with Crippen LogP contribution in [0, 0.1) is 13.8 Å². The lowest BCUT2D eigenvalue weighted by Crippen LogP contribution is -2.34. The molecule has 3 rings (SSSR count). The van der Waals surface area contributed by atoms with Gasteiger partial charge in [0.1, 0.15) is 5.56 Å². The number of benzene rings is 1. The molecule has 2 heterocycles. The molecule has 0 aliphatic carbocycles. The maximum Gasteiger partial charge on any atom is 0.260 e. The van der Waals surface area contributed by atoms with Crippen LogP contribution in [0.5, 0.6) is 0 Å². The Hall–Kier alpha value is -2.36. The predicted molar refractivity (Wildman–Crippen MR) is 86.0 cm³/mol. The Morgan fingerprint density at radius 3 is 2.55 bits per heavy atom. The maximum atomic E-state index is 12.7. The normalized spacial score (nSPS) is 17.7. The quantitative estimate of drug-likeness (QED) is 0.926. The van der Waals surface area contributed by atoms with Gasteiger partial charge in [-0.25, -0.2) is 0 Å². The van der Waals surface area contributed by atoms with E-state index in [9.17, 15) is 9.59 Å². The molecule has 4 nitrogen and oxygen atoms in total. The molecule has 1 aromatic carbocycles. The summed E-state index contributed by atoms with van der Waals surface area (Å²) in [5.74, 6) is -0.177. The number of rotatable bonds is 2. The van der Waals surface area contributed by atoms with Crippen LogP contribution in [-0.4, -0.2) is 22.3 Å². The van der Waals surface area contributed by atoms with Gasteiger partial charge in [0.25, 0.3) is 11.5 Å². The van der Waals surface area contributed by atoms with E-state index in [2.05, 4.69) is 29.2 Å². The highest BCUT2D eigenvalue weighted by molar-refractivity contribution is 5.94. The SMILES string of the molecule is Cc1ccc([C@@H]2CCCN2C(=O)c2ccc(C)[nH]c2=O)cc1. The highest BCUT2D eigenvalue weighted by atomic mass is 16.2. The molecule has 22 heavy (non-hydrogen) atoms. The van der Waals surface area contributed by atoms with E-state index in [4.69, 9.17) is 0 Å². The number of likely N-dealkylation sites (tertiary alicyclic amines) is 1. The van der Waals surface area contributed by atoms with Crippen molar-refractivity contribution in [3.8, 4) is 0 Å². The van der Waals surface area contributed by atoms with Gasteiger partial charge < -0.3 is 9.88 Å². The van der Waals surface area contributed by atoms with E-state index in [1.54, 1.807) is 19.1 Å². The largest absolute Gasteiger partial charge is 0.331 e. The van der Waals surface area contributed by atoms with E-state index < -0.39 is 0 Å². The standard InChI is InChI=1S/C18H20N2O2/c1-12-5-8-14(9-6-12)16-4-3-11-20(16)18(22)15-10-7-13(2)19-17(15)21/h5-10,16H,3-4,11H2,1-2H3,(H,19,21)/t16-/m0/s1. The molecular weight excluding hydrogens is 276 g/mol. The lowest BCUT2D eigenvalue weighted by Gasteiger charge is -2.25. The summed E-state index contributed by atoms with van der Waals surface area (Å²) >= 11 is 0. The number of hydrogen-bond acceptors (Lipinski definition) is 2. The first-order chi connectivity index (χ1) is 10.6. The van der Waals surface area contributed by atoms with Crippen molar-refractivity contribution in [2.75, 3.05) is 6.54 Å². The summed E-state index contributed by atoms with van der Waals surface area (Å²) in [4.78, 5) is 29.3. The lowest BCUT2D eigenvalue weighted by molar-refractivity contribution is 0.0734. The van der Waals surface area contributed by atoms with Crippen LogP contribution < -0.4 is 5.56 Å². The van der Waals surface area contributed by atoms with Gasteiger partial charge >= 0.3 is 0 Å². The van der Waals surface area contributed by atoms with Crippen molar-refractivity contribution < 1.29 is 4.79 Å². The smallest absolute Gasteiger partial charge is 0.260 e. The van der Waals surface area contributed by atoms with Gasteiger partial charge in [0.15, 0.2) is 0 Å². The van der Waals surface area contributed by atoms with Gasteiger partial charge in [-0.2, -0.15) is 0 Å². The molecule has 1 saturated heterocycles. The average molecular weight is 296 g/mol. The third-order valence-corrected chi connectivity index (χ3v) is 4.26. The monoisotopic (exact) mass is 296 g/mol. The van der Waals surface area contributed by atoms with Crippen molar-refractivity contribution in [3.63, 3.8) is 0 Å². The molecule has 2 aromatic rings. The van der Waals surface area contributed by atoms with Crippen molar-refractivity contribution in [3.05, 3.63) is 69.1 Å². The van der Waals surface area contributed by atoms with Gasteiger partial charge in [0.2, 0.25) is 0 Å². The predicted octanol–water partition coefficient (Wildman–Crippen LogP) is 2.97. The van der Waals surface area contributed by atoms with Gasteiger partial charge in [0, 0.05) is 12.2 Å². The summed E-state index contributed by atoms with van der Waals surface area (Å²) < 4.78 is 0. The Kier molecular flexibility index (Phi) is 3.84. The lowest BCUT2D eigenvalue weighted by atomic mass is 10.0. The Morgan fingerprint density at radius 1 is 1.14 bits per heavy atom. The average Bonchev–Trinajstić information content (AvgIpc) is 2.97. The molecule has 1 aliphatic heterocycles. The molecule has 0 radical (unpaired) electrons.